The Labute approximate surface area is 90.7 Å². The number of aryl methyl sites for hydroxylation is 2. The van der Waals surface area contributed by atoms with E-state index in [1.165, 1.54) is 18.0 Å². The van der Waals surface area contributed by atoms with Gasteiger partial charge in [-0.15, -0.1) is 0 Å². The van der Waals surface area contributed by atoms with Crippen molar-refractivity contribution in [3.8, 4) is 0 Å². The quantitative estimate of drug-likeness (QED) is 0.580. The summed E-state index contributed by atoms with van der Waals surface area (Å²) in [5.74, 6) is 0.804. The van der Waals surface area contributed by atoms with E-state index in [4.69, 9.17) is 4.42 Å². The summed E-state index contributed by atoms with van der Waals surface area (Å²) in [6, 6.07) is 1.83. The van der Waals surface area contributed by atoms with Crippen LogP contribution in [0.1, 0.15) is 11.3 Å². The van der Waals surface area contributed by atoms with Crippen LogP contribution in [0.25, 0.3) is 0 Å². The number of hydrogen-bond donors (Lipinski definition) is 0. The highest BCUT2D eigenvalue weighted by Gasteiger charge is 2.08. The molecule has 0 bridgehead atoms. The lowest BCUT2D eigenvalue weighted by Crippen LogP contribution is -1.93. The van der Waals surface area contributed by atoms with Crippen molar-refractivity contribution in [3.63, 3.8) is 0 Å². The highest BCUT2D eigenvalue weighted by molar-refractivity contribution is 7.99. The van der Waals surface area contributed by atoms with Crippen LogP contribution in [0.15, 0.2) is 32.9 Å². The van der Waals surface area contributed by atoms with Gasteiger partial charge in [-0.1, -0.05) is 11.8 Å². The molecular weight excluding hydrogens is 215 g/mol. The Hall–Kier alpha value is -1.36. The summed E-state index contributed by atoms with van der Waals surface area (Å²) in [5.41, 5.74) is 0.849. The number of rotatable bonds is 2. The van der Waals surface area contributed by atoms with Crippen molar-refractivity contribution in [2.24, 2.45) is 0 Å². The van der Waals surface area contributed by atoms with E-state index in [0.29, 0.717) is 5.03 Å². The molecule has 2 rings (SSSR count). The lowest BCUT2D eigenvalue weighted by Gasteiger charge is -2.02. The van der Waals surface area contributed by atoms with Crippen molar-refractivity contribution >= 4 is 11.8 Å². The molecule has 78 valence electrons. The van der Waals surface area contributed by atoms with Gasteiger partial charge in [-0.3, -0.25) is 0 Å². The second kappa shape index (κ2) is 4.02. The van der Waals surface area contributed by atoms with Gasteiger partial charge in [0.05, 0.1) is 11.2 Å². The van der Waals surface area contributed by atoms with Gasteiger partial charge in [0.2, 0.25) is 0 Å². The zero-order valence-electron chi connectivity index (χ0n) is 8.32. The molecule has 0 saturated heterocycles. The molecule has 0 unspecified atom stereocenters. The summed E-state index contributed by atoms with van der Waals surface area (Å²) >= 11 is 1.38. The first kappa shape index (κ1) is 10.2. The van der Waals surface area contributed by atoms with E-state index in [2.05, 4.69) is 9.97 Å². The van der Waals surface area contributed by atoms with Gasteiger partial charge in [0, 0.05) is 11.8 Å². The Morgan fingerprint density at radius 1 is 1.40 bits per heavy atom. The number of halogens is 1. The van der Waals surface area contributed by atoms with Crippen LogP contribution in [0.4, 0.5) is 4.39 Å². The van der Waals surface area contributed by atoms with Crippen LogP contribution in [-0.2, 0) is 0 Å². The molecule has 0 aliphatic carbocycles. The van der Waals surface area contributed by atoms with Crippen LogP contribution in [0.2, 0.25) is 0 Å². The summed E-state index contributed by atoms with van der Waals surface area (Å²) in [6.07, 6.45) is 2.37. The van der Waals surface area contributed by atoms with Crippen molar-refractivity contribution in [1.29, 1.82) is 0 Å². The molecule has 0 saturated carbocycles. The molecule has 5 heteroatoms. The Kier molecular flexibility index (Phi) is 2.73. The summed E-state index contributed by atoms with van der Waals surface area (Å²) in [6.45, 7) is 3.70. The molecule has 0 fully saturated rings. The van der Waals surface area contributed by atoms with Gasteiger partial charge in [0.25, 0.3) is 0 Å². The monoisotopic (exact) mass is 224 g/mol. The topological polar surface area (TPSA) is 38.9 Å². The molecule has 0 radical (unpaired) electrons. The van der Waals surface area contributed by atoms with E-state index in [9.17, 15) is 4.39 Å². The predicted octanol–water partition coefficient (Wildman–Crippen LogP) is 2.98. The number of aromatic nitrogens is 2. The molecule has 15 heavy (non-hydrogen) atoms. The van der Waals surface area contributed by atoms with E-state index in [1.807, 2.05) is 19.9 Å². The fraction of sp³-hybridized carbons (Fsp3) is 0.200. The van der Waals surface area contributed by atoms with Gasteiger partial charge < -0.3 is 4.42 Å². The second-order valence-corrected chi connectivity index (χ2v) is 4.10. The molecule has 2 aromatic heterocycles. The molecule has 0 atom stereocenters. The van der Waals surface area contributed by atoms with E-state index < -0.39 is 6.08 Å². The Balaban J connectivity index is 2.32. The van der Waals surface area contributed by atoms with Crippen molar-refractivity contribution in [2.45, 2.75) is 23.8 Å². The zero-order valence-corrected chi connectivity index (χ0v) is 9.14. The Morgan fingerprint density at radius 2 is 2.20 bits per heavy atom. The molecule has 0 amide bonds. The standard InChI is InChI=1S/C10H9FN2OS/c1-6-5-12-10(11)13-9(6)15-8-3-4-14-7(8)2/h3-5H,1-2H3. The maximum absolute atomic E-state index is 12.8. The van der Waals surface area contributed by atoms with Gasteiger partial charge in [0.1, 0.15) is 10.8 Å². The smallest absolute Gasteiger partial charge is 0.309 e. The molecule has 3 nitrogen and oxygen atoms in total. The van der Waals surface area contributed by atoms with Gasteiger partial charge in [-0.25, -0.2) is 4.98 Å². The van der Waals surface area contributed by atoms with E-state index >= 15 is 0 Å². The third-order valence-electron chi connectivity index (χ3n) is 1.91. The molecule has 0 N–H and O–H groups in total. The SMILES string of the molecule is Cc1cnc(F)nc1Sc1ccoc1C. The van der Waals surface area contributed by atoms with Crippen LogP contribution in [0.3, 0.4) is 0 Å². The minimum atomic E-state index is -0.704. The van der Waals surface area contributed by atoms with E-state index in [1.54, 1.807) is 6.26 Å². The van der Waals surface area contributed by atoms with Gasteiger partial charge >= 0.3 is 6.08 Å². The molecule has 2 heterocycles. The summed E-state index contributed by atoms with van der Waals surface area (Å²) in [4.78, 5) is 8.15. The first-order valence-corrected chi connectivity index (χ1v) is 5.19. The maximum atomic E-state index is 12.8. The molecular formula is C10H9FN2OS. The first-order chi connectivity index (χ1) is 7.16. The lowest BCUT2D eigenvalue weighted by atomic mass is 10.4. The summed E-state index contributed by atoms with van der Waals surface area (Å²) < 4.78 is 18.0. The van der Waals surface area contributed by atoms with Crippen molar-refractivity contribution < 1.29 is 8.81 Å². The first-order valence-electron chi connectivity index (χ1n) is 4.38. The van der Waals surface area contributed by atoms with Crippen LogP contribution in [0, 0.1) is 19.9 Å². The predicted molar refractivity (Wildman–Crippen MR) is 54.3 cm³/mol. The van der Waals surface area contributed by atoms with Gasteiger partial charge in [0.15, 0.2) is 0 Å². The normalized spacial score (nSPS) is 10.6. The van der Waals surface area contributed by atoms with Crippen molar-refractivity contribution in [2.75, 3.05) is 0 Å². The zero-order chi connectivity index (χ0) is 10.8. The molecule has 0 spiro atoms. The lowest BCUT2D eigenvalue weighted by molar-refractivity contribution is 0.522. The molecule has 0 aliphatic heterocycles. The minimum Gasteiger partial charge on any atom is -0.468 e. The molecule has 0 aliphatic rings. The Bertz CT molecular complexity index is 484. The highest BCUT2D eigenvalue weighted by Crippen LogP contribution is 2.31. The van der Waals surface area contributed by atoms with Crippen LogP contribution in [-0.4, -0.2) is 9.97 Å². The maximum Gasteiger partial charge on any atom is 0.309 e. The van der Waals surface area contributed by atoms with Crippen molar-refractivity contribution in [1.82, 2.24) is 9.97 Å². The third kappa shape index (κ3) is 2.18. The second-order valence-electron chi connectivity index (χ2n) is 3.07. The van der Waals surface area contributed by atoms with Gasteiger partial charge in [-0.05, 0) is 19.9 Å². The largest absolute Gasteiger partial charge is 0.468 e. The fourth-order valence-electron chi connectivity index (χ4n) is 1.09. The summed E-state index contributed by atoms with van der Waals surface area (Å²) in [5, 5.41) is 0.618. The Morgan fingerprint density at radius 3 is 2.87 bits per heavy atom. The van der Waals surface area contributed by atoms with Gasteiger partial charge in [-0.2, -0.15) is 9.37 Å². The van der Waals surface area contributed by atoms with Crippen LogP contribution >= 0.6 is 11.8 Å². The van der Waals surface area contributed by atoms with Crippen LogP contribution < -0.4 is 0 Å². The molecule has 2 aromatic rings. The highest BCUT2D eigenvalue weighted by atomic mass is 32.2. The third-order valence-corrected chi connectivity index (χ3v) is 3.16. The minimum absolute atomic E-state index is 0.618. The number of furan rings is 1. The van der Waals surface area contributed by atoms with Crippen molar-refractivity contribution in [3.05, 3.63) is 35.9 Å². The van der Waals surface area contributed by atoms with E-state index in [0.717, 1.165) is 16.2 Å². The average molecular weight is 224 g/mol. The van der Waals surface area contributed by atoms with E-state index in [-0.39, 0.29) is 0 Å². The number of nitrogens with zero attached hydrogens (tertiary/aromatic N) is 2. The molecule has 0 aromatic carbocycles. The van der Waals surface area contributed by atoms with Crippen LogP contribution in [0.5, 0.6) is 0 Å². The number of hydrogen-bond acceptors (Lipinski definition) is 4. The summed E-state index contributed by atoms with van der Waals surface area (Å²) in [7, 11) is 0. The fourth-order valence-corrected chi connectivity index (χ4v) is 1.95. The average Bonchev–Trinajstić information content (AvgIpc) is 2.58.